The van der Waals surface area contributed by atoms with Crippen LogP contribution in [0.15, 0.2) is 30.3 Å². The monoisotopic (exact) mass is 246 g/mol. The molecular formula is C16H26N2. The van der Waals surface area contributed by atoms with Gasteiger partial charge in [0.25, 0.3) is 0 Å². The summed E-state index contributed by atoms with van der Waals surface area (Å²) in [5.74, 6) is 0.842. The van der Waals surface area contributed by atoms with Gasteiger partial charge < -0.3 is 10.6 Å². The lowest BCUT2D eigenvalue weighted by Crippen LogP contribution is -2.42. The molecule has 0 aromatic heterocycles. The van der Waals surface area contributed by atoms with Gasteiger partial charge in [-0.05, 0) is 37.7 Å². The average molecular weight is 246 g/mol. The van der Waals surface area contributed by atoms with Gasteiger partial charge in [-0.2, -0.15) is 0 Å². The van der Waals surface area contributed by atoms with Gasteiger partial charge in [0.15, 0.2) is 0 Å². The van der Waals surface area contributed by atoms with E-state index in [0.717, 1.165) is 24.9 Å². The van der Waals surface area contributed by atoms with Gasteiger partial charge in [0.2, 0.25) is 0 Å². The Kier molecular flexibility index (Phi) is 4.79. The van der Waals surface area contributed by atoms with Crippen LogP contribution in [-0.4, -0.2) is 24.0 Å². The predicted molar refractivity (Wildman–Crippen MR) is 77.4 cm³/mol. The van der Waals surface area contributed by atoms with Crippen LogP contribution in [0.4, 0.5) is 0 Å². The van der Waals surface area contributed by atoms with Crippen LogP contribution in [0.3, 0.4) is 0 Å². The molecule has 1 saturated heterocycles. The molecule has 3 atom stereocenters. The van der Waals surface area contributed by atoms with Crippen molar-refractivity contribution >= 4 is 0 Å². The fraction of sp³-hybridized carbons (Fsp3) is 0.625. The Balaban J connectivity index is 1.83. The Bertz CT molecular complexity index is 349. The molecule has 1 aromatic carbocycles. The molecule has 1 aliphatic heterocycles. The molecule has 0 radical (unpaired) electrons. The summed E-state index contributed by atoms with van der Waals surface area (Å²) in [4.78, 5) is 2.61. The van der Waals surface area contributed by atoms with Crippen molar-refractivity contribution < 1.29 is 0 Å². The Morgan fingerprint density at radius 3 is 2.67 bits per heavy atom. The molecule has 0 amide bonds. The molecule has 2 N–H and O–H groups in total. The molecule has 100 valence electrons. The average Bonchev–Trinajstić information content (AvgIpc) is 2.40. The number of rotatable bonds is 4. The van der Waals surface area contributed by atoms with E-state index in [9.17, 15) is 0 Å². The number of piperidine rings is 1. The van der Waals surface area contributed by atoms with Crippen LogP contribution < -0.4 is 5.73 Å². The van der Waals surface area contributed by atoms with E-state index < -0.39 is 0 Å². The van der Waals surface area contributed by atoms with Crippen LogP contribution in [0.2, 0.25) is 0 Å². The Morgan fingerprint density at radius 2 is 1.94 bits per heavy atom. The highest BCUT2D eigenvalue weighted by Gasteiger charge is 2.22. The zero-order chi connectivity index (χ0) is 13.0. The van der Waals surface area contributed by atoms with Crippen LogP contribution in [0.5, 0.6) is 0 Å². The second kappa shape index (κ2) is 6.35. The third kappa shape index (κ3) is 3.56. The SMILES string of the molecule is CC1CCC(C)N(CCC(N)c2ccccc2)C1. The molecule has 1 aliphatic rings. The van der Waals surface area contributed by atoms with Crippen LogP contribution in [0.25, 0.3) is 0 Å². The van der Waals surface area contributed by atoms with E-state index in [1.807, 2.05) is 6.07 Å². The summed E-state index contributed by atoms with van der Waals surface area (Å²) in [6.07, 6.45) is 3.77. The molecule has 3 unspecified atom stereocenters. The Hall–Kier alpha value is -0.860. The van der Waals surface area contributed by atoms with Gasteiger partial charge in [-0.3, -0.25) is 0 Å². The molecule has 0 spiro atoms. The summed E-state index contributed by atoms with van der Waals surface area (Å²) < 4.78 is 0. The topological polar surface area (TPSA) is 29.3 Å². The maximum Gasteiger partial charge on any atom is 0.0307 e. The third-order valence-electron chi connectivity index (χ3n) is 4.20. The number of hydrogen-bond donors (Lipinski definition) is 1. The zero-order valence-corrected chi connectivity index (χ0v) is 11.7. The molecule has 0 aliphatic carbocycles. The van der Waals surface area contributed by atoms with E-state index in [0.29, 0.717) is 0 Å². The molecule has 2 nitrogen and oxygen atoms in total. The highest BCUT2D eigenvalue weighted by molar-refractivity contribution is 5.18. The molecule has 1 fully saturated rings. The molecule has 18 heavy (non-hydrogen) atoms. The van der Waals surface area contributed by atoms with Gasteiger partial charge >= 0.3 is 0 Å². The molecule has 1 heterocycles. The summed E-state index contributed by atoms with van der Waals surface area (Å²) in [6, 6.07) is 11.4. The minimum Gasteiger partial charge on any atom is -0.324 e. The van der Waals surface area contributed by atoms with Crippen LogP contribution in [0, 0.1) is 5.92 Å². The summed E-state index contributed by atoms with van der Waals surface area (Å²) in [7, 11) is 0. The van der Waals surface area contributed by atoms with Gasteiger partial charge in [0.05, 0.1) is 0 Å². The third-order valence-corrected chi connectivity index (χ3v) is 4.20. The van der Waals surface area contributed by atoms with Crippen molar-refractivity contribution in [2.24, 2.45) is 11.7 Å². The maximum atomic E-state index is 6.27. The highest BCUT2D eigenvalue weighted by Crippen LogP contribution is 2.23. The first-order chi connectivity index (χ1) is 8.66. The lowest BCUT2D eigenvalue weighted by Gasteiger charge is -2.37. The van der Waals surface area contributed by atoms with Gasteiger partial charge in [-0.25, -0.2) is 0 Å². The zero-order valence-electron chi connectivity index (χ0n) is 11.7. The number of benzene rings is 1. The van der Waals surface area contributed by atoms with Crippen molar-refractivity contribution in [1.82, 2.24) is 4.90 Å². The summed E-state index contributed by atoms with van der Waals surface area (Å²) in [6.45, 7) is 7.07. The van der Waals surface area contributed by atoms with E-state index in [4.69, 9.17) is 5.73 Å². The molecule has 1 aromatic rings. The number of nitrogens with zero attached hydrogens (tertiary/aromatic N) is 1. The van der Waals surface area contributed by atoms with E-state index >= 15 is 0 Å². The van der Waals surface area contributed by atoms with Crippen LogP contribution in [-0.2, 0) is 0 Å². The van der Waals surface area contributed by atoms with Crippen LogP contribution >= 0.6 is 0 Å². The quantitative estimate of drug-likeness (QED) is 0.884. The molecule has 0 saturated carbocycles. The van der Waals surface area contributed by atoms with Crippen molar-refractivity contribution in [1.29, 1.82) is 0 Å². The standard InChI is InChI=1S/C16H26N2/c1-13-8-9-14(2)18(12-13)11-10-16(17)15-6-4-3-5-7-15/h3-7,13-14,16H,8-12,17H2,1-2H3. The van der Waals surface area contributed by atoms with Crippen molar-refractivity contribution in [3.05, 3.63) is 35.9 Å². The van der Waals surface area contributed by atoms with Gasteiger partial charge in [-0.1, -0.05) is 37.3 Å². The number of nitrogens with two attached hydrogens (primary N) is 1. The summed E-state index contributed by atoms with van der Waals surface area (Å²) >= 11 is 0. The summed E-state index contributed by atoms with van der Waals surface area (Å²) in [5.41, 5.74) is 7.53. The highest BCUT2D eigenvalue weighted by atomic mass is 15.2. The fourth-order valence-electron chi connectivity index (χ4n) is 2.86. The first-order valence-electron chi connectivity index (χ1n) is 7.21. The minimum absolute atomic E-state index is 0.177. The summed E-state index contributed by atoms with van der Waals surface area (Å²) in [5, 5.41) is 0. The first-order valence-corrected chi connectivity index (χ1v) is 7.21. The minimum atomic E-state index is 0.177. The fourth-order valence-corrected chi connectivity index (χ4v) is 2.86. The normalized spacial score (nSPS) is 27.1. The molecule has 0 bridgehead atoms. The second-order valence-electron chi connectivity index (χ2n) is 5.83. The Morgan fingerprint density at radius 1 is 1.22 bits per heavy atom. The smallest absolute Gasteiger partial charge is 0.0307 e. The Labute approximate surface area is 111 Å². The van der Waals surface area contributed by atoms with E-state index in [2.05, 4.69) is 43.0 Å². The maximum absolute atomic E-state index is 6.27. The lowest BCUT2D eigenvalue weighted by molar-refractivity contribution is 0.121. The molecule has 2 rings (SSSR count). The van der Waals surface area contributed by atoms with E-state index in [1.165, 1.54) is 24.9 Å². The van der Waals surface area contributed by atoms with Crippen molar-refractivity contribution in [3.8, 4) is 0 Å². The first kappa shape index (κ1) is 13.6. The number of hydrogen-bond acceptors (Lipinski definition) is 2. The lowest BCUT2D eigenvalue weighted by atomic mass is 9.94. The molecule has 2 heteroatoms. The molecular weight excluding hydrogens is 220 g/mol. The predicted octanol–water partition coefficient (Wildman–Crippen LogP) is 3.20. The van der Waals surface area contributed by atoms with Gasteiger partial charge in [0, 0.05) is 25.2 Å². The van der Waals surface area contributed by atoms with Crippen molar-refractivity contribution in [3.63, 3.8) is 0 Å². The van der Waals surface area contributed by atoms with E-state index in [-0.39, 0.29) is 6.04 Å². The van der Waals surface area contributed by atoms with E-state index in [1.54, 1.807) is 0 Å². The van der Waals surface area contributed by atoms with Crippen LogP contribution in [0.1, 0.15) is 44.7 Å². The van der Waals surface area contributed by atoms with Gasteiger partial charge in [-0.15, -0.1) is 0 Å². The van der Waals surface area contributed by atoms with Crippen molar-refractivity contribution in [2.75, 3.05) is 13.1 Å². The number of likely N-dealkylation sites (tertiary alicyclic amines) is 1. The van der Waals surface area contributed by atoms with Crippen molar-refractivity contribution in [2.45, 2.75) is 45.2 Å². The largest absolute Gasteiger partial charge is 0.324 e. The second-order valence-corrected chi connectivity index (χ2v) is 5.83. The van der Waals surface area contributed by atoms with Gasteiger partial charge in [0.1, 0.15) is 0 Å².